The fraction of sp³-hybridized carbons (Fsp3) is 0.500. The van der Waals surface area contributed by atoms with Crippen LogP contribution in [0.4, 0.5) is 5.69 Å². The van der Waals surface area contributed by atoms with Gasteiger partial charge in [-0.05, 0) is 30.5 Å². The minimum Gasteiger partial charge on any atom is -0.326 e. The molecule has 8 heteroatoms. The van der Waals surface area contributed by atoms with Crippen LogP contribution in [0.1, 0.15) is 18.9 Å². The Bertz CT molecular complexity index is 693. The van der Waals surface area contributed by atoms with Crippen molar-refractivity contribution in [3.63, 3.8) is 0 Å². The number of hydrogen-bond acceptors (Lipinski definition) is 4. The van der Waals surface area contributed by atoms with Crippen molar-refractivity contribution in [3.8, 4) is 0 Å². The molecule has 0 spiro atoms. The Hall–Kier alpha value is -1.15. The Morgan fingerprint density at radius 2 is 2.05 bits per heavy atom. The van der Waals surface area contributed by atoms with E-state index >= 15 is 0 Å². The van der Waals surface area contributed by atoms with E-state index in [1.54, 1.807) is 23.1 Å². The van der Waals surface area contributed by atoms with E-state index in [9.17, 15) is 13.2 Å². The summed E-state index contributed by atoms with van der Waals surface area (Å²) in [7, 11) is -3.53. The normalized spacial score (nSPS) is 21.5. The Balaban J connectivity index is 0.00000176. The zero-order valence-electron chi connectivity index (χ0n) is 12.4. The van der Waals surface area contributed by atoms with Crippen molar-refractivity contribution in [1.82, 2.24) is 4.31 Å². The van der Waals surface area contributed by atoms with Crippen molar-refractivity contribution in [2.45, 2.75) is 30.7 Å². The standard InChI is InChI=1S/C14H19N3O3S.ClH/c1-10(18)17-7-4-11-2-3-13(8-14(11)17)21(19,20)16-6-5-12(15)9-16;/h2-3,8,12H,4-7,9,15H2,1H3;1H. The Labute approximate surface area is 136 Å². The van der Waals surface area contributed by atoms with Gasteiger partial charge in [-0.3, -0.25) is 4.79 Å². The summed E-state index contributed by atoms with van der Waals surface area (Å²) < 4.78 is 26.7. The summed E-state index contributed by atoms with van der Waals surface area (Å²) in [5.74, 6) is -0.0634. The minimum atomic E-state index is -3.53. The first-order chi connectivity index (χ1) is 9.89. The number of nitrogens with two attached hydrogens (primary N) is 1. The monoisotopic (exact) mass is 345 g/mol. The van der Waals surface area contributed by atoms with Gasteiger partial charge in [-0.2, -0.15) is 4.31 Å². The van der Waals surface area contributed by atoms with Crippen molar-refractivity contribution in [2.24, 2.45) is 5.73 Å². The number of amides is 1. The van der Waals surface area contributed by atoms with Crippen LogP contribution >= 0.6 is 12.4 Å². The molecule has 0 saturated carbocycles. The summed E-state index contributed by atoms with van der Waals surface area (Å²) in [5.41, 5.74) is 7.52. The fourth-order valence-electron chi connectivity index (χ4n) is 2.97. The van der Waals surface area contributed by atoms with Gasteiger partial charge in [0.25, 0.3) is 0 Å². The molecule has 1 fully saturated rings. The number of rotatable bonds is 2. The molecule has 2 aliphatic rings. The molecular formula is C14H20ClN3O3S. The molecule has 2 N–H and O–H groups in total. The van der Waals surface area contributed by atoms with Crippen LogP contribution in [0.3, 0.4) is 0 Å². The molecule has 0 radical (unpaired) electrons. The lowest BCUT2D eigenvalue weighted by molar-refractivity contribution is -0.116. The van der Waals surface area contributed by atoms with Crippen LogP contribution in [0, 0.1) is 0 Å². The molecule has 122 valence electrons. The maximum atomic E-state index is 12.6. The Kier molecular flexibility index (Phi) is 4.81. The van der Waals surface area contributed by atoms with E-state index in [2.05, 4.69) is 0 Å². The van der Waals surface area contributed by atoms with Gasteiger partial charge in [-0.1, -0.05) is 6.07 Å². The molecule has 0 bridgehead atoms. The summed E-state index contributed by atoms with van der Waals surface area (Å²) in [6.07, 6.45) is 1.45. The van der Waals surface area contributed by atoms with E-state index in [-0.39, 0.29) is 29.3 Å². The third-order valence-electron chi connectivity index (χ3n) is 4.16. The summed E-state index contributed by atoms with van der Waals surface area (Å²) in [5, 5.41) is 0. The molecule has 1 amide bonds. The maximum absolute atomic E-state index is 12.6. The molecule has 1 aromatic carbocycles. The molecule has 3 rings (SSSR count). The highest BCUT2D eigenvalue weighted by Crippen LogP contribution is 2.32. The van der Waals surface area contributed by atoms with Crippen molar-refractivity contribution < 1.29 is 13.2 Å². The van der Waals surface area contributed by atoms with Gasteiger partial charge in [-0.15, -0.1) is 12.4 Å². The SMILES string of the molecule is CC(=O)N1CCc2ccc(S(=O)(=O)N3CCC(N)C3)cc21.Cl. The van der Waals surface area contributed by atoms with Crippen LogP contribution in [0.15, 0.2) is 23.1 Å². The number of benzene rings is 1. The molecule has 0 aromatic heterocycles. The van der Waals surface area contributed by atoms with Gasteiger partial charge in [0.15, 0.2) is 0 Å². The first-order valence-electron chi connectivity index (χ1n) is 7.06. The minimum absolute atomic E-state index is 0. The Morgan fingerprint density at radius 1 is 1.32 bits per heavy atom. The number of carbonyl (C=O) groups excluding carboxylic acids is 1. The van der Waals surface area contributed by atoms with Gasteiger partial charge in [0, 0.05) is 38.3 Å². The number of carbonyl (C=O) groups is 1. The van der Waals surface area contributed by atoms with Crippen molar-refractivity contribution in [3.05, 3.63) is 23.8 Å². The van der Waals surface area contributed by atoms with E-state index in [4.69, 9.17) is 5.73 Å². The lowest BCUT2D eigenvalue weighted by atomic mass is 10.2. The van der Waals surface area contributed by atoms with Crippen LogP contribution in [-0.4, -0.2) is 44.3 Å². The summed E-state index contributed by atoms with van der Waals surface area (Å²) in [6, 6.07) is 4.95. The topological polar surface area (TPSA) is 83.7 Å². The van der Waals surface area contributed by atoms with E-state index in [1.165, 1.54) is 11.2 Å². The fourth-order valence-corrected chi connectivity index (χ4v) is 4.50. The second kappa shape index (κ2) is 6.16. The van der Waals surface area contributed by atoms with Gasteiger partial charge in [0.1, 0.15) is 0 Å². The molecule has 1 saturated heterocycles. The van der Waals surface area contributed by atoms with Crippen molar-refractivity contribution in [2.75, 3.05) is 24.5 Å². The average Bonchev–Trinajstić information content (AvgIpc) is 3.03. The number of anilines is 1. The van der Waals surface area contributed by atoms with Gasteiger partial charge in [-0.25, -0.2) is 8.42 Å². The first kappa shape index (κ1) is 17.2. The molecular weight excluding hydrogens is 326 g/mol. The molecule has 1 unspecified atom stereocenters. The van der Waals surface area contributed by atoms with Crippen LogP contribution in [0.2, 0.25) is 0 Å². The number of nitrogens with zero attached hydrogens (tertiary/aromatic N) is 2. The maximum Gasteiger partial charge on any atom is 0.243 e. The van der Waals surface area contributed by atoms with E-state index in [1.807, 2.05) is 0 Å². The lowest BCUT2D eigenvalue weighted by Crippen LogP contribution is -2.32. The lowest BCUT2D eigenvalue weighted by Gasteiger charge is -2.19. The highest BCUT2D eigenvalue weighted by molar-refractivity contribution is 7.89. The van der Waals surface area contributed by atoms with E-state index < -0.39 is 10.0 Å². The Morgan fingerprint density at radius 3 is 2.64 bits per heavy atom. The van der Waals surface area contributed by atoms with Crippen LogP contribution in [0.5, 0.6) is 0 Å². The molecule has 22 heavy (non-hydrogen) atoms. The average molecular weight is 346 g/mol. The highest BCUT2D eigenvalue weighted by atomic mass is 35.5. The van der Waals surface area contributed by atoms with E-state index in [0.717, 1.165) is 12.0 Å². The number of sulfonamides is 1. The van der Waals surface area contributed by atoms with Crippen LogP contribution in [0.25, 0.3) is 0 Å². The van der Waals surface area contributed by atoms with E-state index in [0.29, 0.717) is 31.7 Å². The number of fused-ring (bicyclic) bond motifs is 1. The van der Waals surface area contributed by atoms with Gasteiger partial charge < -0.3 is 10.6 Å². The number of halogens is 1. The summed E-state index contributed by atoms with van der Waals surface area (Å²) >= 11 is 0. The third kappa shape index (κ3) is 2.86. The summed E-state index contributed by atoms with van der Waals surface area (Å²) in [6.45, 7) is 2.92. The van der Waals surface area contributed by atoms with Crippen molar-refractivity contribution in [1.29, 1.82) is 0 Å². The predicted octanol–water partition coefficient (Wildman–Crippen LogP) is 0.739. The third-order valence-corrected chi connectivity index (χ3v) is 6.02. The molecule has 1 aromatic rings. The number of hydrogen-bond donors (Lipinski definition) is 1. The second-order valence-electron chi connectivity index (χ2n) is 5.62. The van der Waals surface area contributed by atoms with Crippen molar-refractivity contribution >= 4 is 34.0 Å². The van der Waals surface area contributed by atoms with Crippen LogP contribution < -0.4 is 10.6 Å². The molecule has 0 aliphatic carbocycles. The summed E-state index contributed by atoms with van der Waals surface area (Å²) in [4.78, 5) is 13.5. The highest BCUT2D eigenvalue weighted by Gasteiger charge is 2.32. The largest absolute Gasteiger partial charge is 0.326 e. The van der Waals surface area contributed by atoms with Crippen LogP contribution in [-0.2, 0) is 21.2 Å². The molecule has 1 atom stereocenters. The zero-order chi connectivity index (χ0) is 15.2. The van der Waals surface area contributed by atoms with Gasteiger partial charge >= 0.3 is 0 Å². The quantitative estimate of drug-likeness (QED) is 0.856. The molecule has 2 aliphatic heterocycles. The molecule has 2 heterocycles. The predicted molar refractivity (Wildman–Crippen MR) is 86.8 cm³/mol. The second-order valence-corrected chi connectivity index (χ2v) is 7.56. The smallest absolute Gasteiger partial charge is 0.243 e. The molecule has 6 nitrogen and oxygen atoms in total. The first-order valence-corrected chi connectivity index (χ1v) is 8.50. The zero-order valence-corrected chi connectivity index (χ0v) is 14.0. The van der Waals surface area contributed by atoms with Gasteiger partial charge in [0.05, 0.1) is 4.90 Å². The van der Waals surface area contributed by atoms with Gasteiger partial charge in [0.2, 0.25) is 15.9 Å².